The minimum Gasteiger partial charge on any atom is -0.424 e. The van der Waals surface area contributed by atoms with Crippen molar-refractivity contribution in [2.24, 2.45) is 0 Å². The van der Waals surface area contributed by atoms with Gasteiger partial charge < -0.3 is 4.52 Å². The lowest BCUT2D eigenvalue weighted by Crippen LogP contribution is -2.04. The second-order valence-corrected chi connectivity index (χ2v) is 8.24. The van der Waals surface area contributed by atoms with E-state index >= 15 is 0 Å². The summed E-state index contributed by atoms with van der Waals surface area (Å²) in [5.41, 5.74) is -0.0243. The van der Waals surface area contributed by atoms with Gasteiger partial charge in [-0.1, -0.05) is 52.4 Å². The molecule has 0 bridgehead atoms. The Balaban J connectivity index is 2.52. The molecule has 1 aromatic rings. The maximum absolute atomic E-state index is 12.9. The van der Waals surface area contributed by atoms with Crippen molar-refractivity contribution in [3.8, 4) is 5.75 Å². The van der Waals surface area contributed by atoms with Crippen molar-refractivity contribution >= 4 is 13.3 Å². The van der Waals surface area contributed by atoms with Gasteiger partial charge in [-0.2, -0.15) is 0 Å². The van der Waals surface area contributed by atoms with Crippen LogP contribution in [0.4, 0.5) is 5.69 Å². The molecule has 1 aromatic carbocycles. The van der Waals surface area contributed by atoms with Crippen molar-refractivity contribution in [1.29, 1.82) is 0 Å². The Bertz CT molecular complexity index is 547. The summed E-state index contributed by atoms with van der Waals surface area (Å²) in [4.78, 5) is 10.2. The Morgan fingerprint density at radius 3 is 2.16 bits per heavy atom. The maximum Gasteiger partial charge on any atom is 0.379 e. The van der Waals surface area contributed by atoms with E-state index in [1.165, 1.54) is 49.9 Å². The smallest absolute Gasteiger partial charge is 0.379 e. The molecule has 0 fully saturated rings. The Labute approximate surface area is 150 Å². The van der Waals surface area contributed by atoms with Crippen molar-refractivity contribution in [2.45, 2.75) is 65.2 Å². The molecule has 0 saturated carbocycles. The van der Waals surface area contributed by atoms with Crippen molar-refractivity contribution in [3.63, 3.8) is 0 Å². The number of hydrogen-bond donors (Lipinski definition) is 0. The summed E-state index contributed by atoms with van der Waals surface area (Å²) in [5, 5.41) is 10.7. The van der Waals surface area contributed by atoms with E-state index in [1.807, 2.05) is 6.92 Å². The second kappa shape index (κ2) is 12.0. The topological polar surface area (TPSA) is 78.7 Å². The average molecular weight is 371 g/mol. The van der Waals surface area contributed by atoms with E-state index in [2.05, 4.69) is 6.92 Å². The second-order valence-electron chi connectivity index (χ2n) is 6.13. The molecular weight excluding hydrogens is 341 g/mol. The Hall–Kier alpha value is -1.39. The van der Waals surface area contributed by atoms with Gasteiger partial charge in [0.25, 0.3) is 5.69 Å². The van der Waals surface area contributed by atoms with Crippen molar-refractivity contribution < 1.29 is 18.5 Å². The molecule has 0 radical (unpaired) electrons. The van der Waals surface area contributed by atoms with Crippen LogP contribution >= 0.6 is 7.60 Å². The molecule has 0 amide bonds. The molecule has 0 aliphatic rings. The Morgan fingerprint density at radius 1 is 0.960 bits per heavy atom. The number of unbranched alkanes of at least 4 members (excludes halogenated alkanes) is 6. The fourth-order valence-corrected chi connectivity index (χ4v) is 4.19. The van der Waals surface area contributed by atoms with Crippen LogP contribution in [0.25, 0.3) is 0 Å². The molecule has 6 nitrogen and oxygen atoms in total. The van der Waals surface area contributed by atoms with Crippen LogP contribution in [0.3, 0.4) is 0 Å². The van der Waals surface area contributed by atoms with Gasteiger partial charge in [0, 0.05) is 12.1 Å². The van der Waals surface area contributed by atoms with Crippen LogP contribution in [0.5, 0.6) is 5.75 Å². The maximum atomic E-state index is 12.9. The number of rotatable bonds is 14. The van der Waals surface area contributed by atoms with Gasteiger partial charge in [0.15, 0.2) is 0 Å². The van der Waals surface area contributed by atoms with Crippen molar-refractivity contribution in [2.75, 3.05) is 12.8 Å². The quantitative estimate of drug-likeness (QED) is 0.165. The van der Waals surface area contributed by atoms with E-state index in [1.54, 1.807) is 0 Å². The molecule has 0 N–H and O–H groups in total. The van der Waals surface area contributed by atoms with Crippen LogP contribution in [0.2, 0.25) is 0 Å². The van der Waals surface area contributed by atoms with Gasteiger partial charge in [-0.3, -0.25) is 14.6 Å². The highest BCUT2D eigenvalue weighted by Gasteiger charge is 2.25. The van der Waals surface area contributed by atoms with Crippen LogP contribution < -0.4 is 4.52 Å². The predicted octanol–water partition coefficient (Wildman–Crippen LogP) is 6.34. The van der Waals surface area contributed by atoms with Gasteiger partial charge >= 0.3 is 7.60 Å². The lowest BCUT2D eigenvalue weighted by Gasteiger charge is -2.19. The minimum atomic E-state index is -3.23. The van der Waals surface area contributed by atoms with E-state index in [9.17, 15) is 14.7 Å². The van der Waals surface area contributed by atoms with E-state index in [0.717, 1.165) is 25.7 Å². The first-order valence-electron chi connectivity index (χ1n) is 9.18. The molecule has 1 rings (SSSR count). The van der Waals surface area contributed by atoms with E-state index in [4.69, 9.17) is 9.05 Å². The van der Waals surface area contributed by atoms with Gasteiger partial charge in [-0.15, -0.1) is 0 Å². The summed E-state index contributed by atoms with van der Waals surface area (Å²) < 4.78 is 24.1. The lowest BCUT2D eigenvalue weighted by molar-refractivity contribution is -0.384. The molecule has 25 heavy (non-hydrogen) atoms. The lowest BCUT2D eigenvalue weighted by atomic mass is 10.1. The first kappa shape index (κ1) is 21.7. The number of nitrogens with zero attached hydrogens (tertiary/aromatic N) is 1. The van der Waals surface area contributed by atoms with Gasteiger partial charge in [-0.25, -0.2) is 4.57 Å². The molecule has 0 heterocycles. The molecule has 1 unspecified atom stereocenters. The summed E-state index contributed by atoms with van der Waals surface area (Å²) in [6, 6.07) is 5.61. The third kappa shape index (κ3) is 9.03. The summed E-state index contributed by atoms with van der Waals surface area (Å²) in [7, 11) is -3.23. The summed E-state index contributed by atoms with van der Waals surface area (Å²) in [6.07, 6.45) is 8.79. The minimum absolute atomic E-state index is 0.0243. The predicted molar refractivity (Wildman–Crippen MR) is 100 cm³/mol. The van der Waals surface area contributed by atoms with Gasteiger partial charge in [0.1, 0.15) is 5.75 Å². The third-order valence-electron chi connectivity index (χ3n) is 3.86. The van der Waals surface area contributed by atoms with Crippen molar-refractivity contribution in [3.05, 3.63) is 34.4 Å². The number of nitro groups is 1. The van der Waals surface area contributed by atoms with Crippen molar-refractivity contribution in [1.82, 2.24) is 0 Å². The molecule has 142 valence electrons. The highest BCUT2D eigenvalue weighted by Crippen LogP contribution is 2.49. The first-order chi connectivity index (χ1) is 12.0. The summed E-state index contributed by atoms with van der Waals surface area (Å²) in [6.45, 7) is 4.62. The zero-order valence-corrected chi connectivity index (χ0v) is 16.2. The third-order valence-corrected chi connectivity index (χ3v) is 5.79. The molecule has 1 atom stereocenters. The molecule has 0 aromatic heterocycles. The molecule has 0 saturated heterocycles. The fraction of sp³-hybridized carbons (Fsp3) is 0.667. The molecule has 0 aliphatic carbocycles. The highest BCUT2D eigenvalue weighted by molar-refractivity contribution is 7.54. The average Bonchev–Trinajstić information content (AvgIpc) is 2.60. The van der Waals surface area contributed by atoms with Crippen LogP contribution in [-0.4, -0.2) is 17.7 Å². The number of hydrogen-bond acceptors (Lipinski definition) is 5. The Kier molecular flexibility index (Phi) is 10.4. The number of nitro benzene ring substituents is 1. The SMILES string of the molecule is CCCCCCCCOP(=O)(CCCC)Oc1ccc([N+](=O)[O-])cc1. The number of benzene rings is 1. The van der Waals surface area contributed by atoms with E-state index in [0.29, 0.717) is 18.5 Å². The zero-order chi connectivity index (χ0) is 18.5. The normalized spacial score (nSPS) is 13.4. The monoisotopic (exact) mass is 371 g/mol. The Morgan fingerprint density at radius 2 is 1.56 bits per heavy atom. The van der Waals surface area contributed by atoms with Crippen LogP contribution in [0.1, 0.15) is 65.2 Å². The molecule has 7 heteroatoms. The highest BCUT2D eigenvalue weighted by atomic mass is 31.2. The first-order valence-corrected chi connectivity index (χ1v) is 10.9. The summed E-state index contributed by atoms with van der Waals surface area (Å²) in [5.74, 6) is 0.341. The zero-order valence-electron chi connectivity index (χ0n) is 15.3. The molecular formula is C18H30NO5P. The summed E-state index contributed by atoms with van der Waals surface area (Å²) >= 11 is 0. The largest absolute Gasteiger partial charge is 0.424 e. The van der Waals surface area contributed by atoms with E-state index < -0.39 is 12.5 Å². The van der Waals surface area contributed by atoms with Gasteiger partial charge in [0.05, 0.1) is 17.7 Å². The van der Waals surface area contributed by atoms with Crippen LogP contribution in [0.15, 0.2) is 24.3 Å². The van der Waals surface area contributed by atoms with Gasteiger partial charge in [0.2, 0.25) is 0 Å². The molecule has 0 aliphatic heterocycles. The number of non-ortho nitro benzene ring substituents is 1. The fourth-order valence-electron chi connectivity index (χ4n) is 2.36. The van der Waals surface area contributed by atoms with Gasteiger partial charge in [-0.05, 0) is 25.0 Å². The van der Waals surface area contributed by atoms with Crippen LogP contribution in [0, 0.1) is 10.1 Å². The van der Waals surface area contributed by atoms with E-state index in [-0.39, 0.29) is 5.69 Å². The standard InChI is InChI=1S/C18H30NO5P/c1-3-5-7-8-9-10-15-23-25(22,16-6-4-2)24-18-13-11-17(12-14-18)19(20)21/h11-14H,3-10,15-16H2,1-2H3. The molecule has 0 spiro atoms. The van der Waals surface area contributed by atoms with Crippen LogP contribution in [-0.2, 0) is 9.09 Å².